The zero-order valence-corrected chi connectivity index (χ0v) is 19.0. The van der Waals surface area contributed by atoms with Gasteiger partial charge in [-0.05, 0) is 13.8 Å². The summed E-state index contributed by atoms with van der Waals surface area (Å²) in [6.45, 7) is 2.52. The summed E-state index contributed by atoms with van der Waals surface area (Å²) in [6, 6.07) is 1.29. The minimum absolute atomic E-state index is 0.0323. The Bertz CT molecular complexity index is 1200. The van der Waals surface area contributed by atoms with Crippen molar-refractivity contribution >= 4 is 35.1 Å². The number of amides is 1. The van der Waals surface area contributed by atoms with Crippen molar-refractivity contribution in [1.29, 1.82) is 0 Å². The van der Waals surface area contributed by atoms with Crippen molar-refractivity contribution in [3.05, 3.63) is 34.9 Å². The van der Waals surface area contributed by atoms with Crippen molar-refractivity contribution in [2.45, 2.75) is 51.2 Å². The molecule has 1 aliphatic heterocycles. The molecule has 0 saturated carbocycles. The molecule has 35 heavy (non-hydrogen) atoms. The van der Waals surface area contributed by atoms with Crippen molar-refractivity contribution in [2.75, 3.05) is 11.9 Å². The van der Waals surface area contributed by atoms with E-state index in [1.54, 1.807) is 13.8 Å². The number of nitrogens with one attached hydrogen (secondary N) is 3. The summed E-state index contributed by atoms with van der Waals surface area (Å²) in [4.78, 5) is 19.9. The highest BCUT2D eigenvalue weighted by Crippen LogP contribution is 2.33. The lowest BCUT2D eigenvalue weighted by molar-refractivity contribution is -0.330. The van der Waals surface area contributed by atoms with Crippen LogP contribution in [0.3, 0.4) is 0 Å². The lowest BCUT2D eigenvalue weighted by atomic mass is 10.1. The van der Waals surface area contributed by atoms with Crippen LogP contribution in [0.5, 0.6) is 0 Å². The zero-order valence-electron chi connectivity index (χ0n) is 18.3. The number of rotatable bonds is 7. The molecule has 3 N–H and O–H groups in total. The van der Waals surface area contributed by atoms with E-state index >= 15 is 0 Å². The van der Waals surface area contributed by atoms with E-state index in [2.05, 4.69) is 35.5 Å². The molecule has 3 aromatic rings. The van der Waals surface area contributed by atoms with Crippen molar-refractivity contribution < 1.29 is 36.6 Å². The smallest absolute Gasteiger partial charge is 0.441 e. The molecule has 0 spiro atoms. The number of anilines is 2. The predicted molar refractivity (Wildman–Crippen MR) is 113 cm³/mol. The van der Waals surface area contributed by atoms with E-state index < -0.39 is 37.4 Å². The van der Waals surface area contributed by atoms with Crippen LogP contribution in [0.2, 0.25) is 5.02 Å². The molecule has 16 heteroatoms. The van der Waals surface area contributed by atoms with Crippen molar-refractivity contribution in [3.8, 4) is 0 Å². The summed E-state index contributed by atoms with van der Waals surface area (Å²) < 4.78 is 67.6. The standard InChI is InChI=1S/C19H20ClF4N7O4/c1-8(2)26-18(32)35-12-7-33-15(14(12)21)11-3-13(30-29-11)28-17-25-4-10(20)16-27-9(5-31(16)17)6-34-19(22,23)24/h3-5,8,12,14-15H,6-7H2,1-2H3,(H,26,32)(H2,25,28,29,30)/t12-,14+,15-/m1/s1. The average molecular weight is 522 g/mol. The van der Waals surface area contributed by atoms with Gasteiger partial charge in [0.25, 0.3) is 0 Å². The molecule has 11 nitrogen and oxygen atoms in total. The first kappa shape index (κ1) is 24.9. The Morgan fingerprint density at radius 3 is 2.91 bits per heavy atom. The molecule has 1 fully saturated rings. The van der Waals surface area contributed by atoms with Crippen molar-refractivity contribution in [3.63, 3.8) is 0 Å². The lowest BCUT2D eigenvalue weighted by Crippen LogP contribution is -2.36. The summed E-state index contributed by atoms with van der Waals surface area (Å²) in [7, 11) is 0. The normalized spacial score (nSPS) is 20.5. The van der Waals surface area contributed by atoms with Gasteiger partial charge in [0.2, 0.25) is 5.95 Å². The fourth-order valence-electron chi connectivity index (χ4n) is 3.32. The maximum absolute atomic E-state index is 14.9. The summed E-state index contributed by atoms with van der Waals surface area (Å²) in [5, 5.41) is 12.2. The second-order valence-electron chi connectivity index (χ2n) is 7.86. The van der Waals surface area contributed by atoms with E-state index in [-0.39, 0.29) is 46.5 Å². The summed E-state index contributed by atoms with van der Waals surface area (Å²) >= 11 is 6.06. The number of fused-ring (bicyclic) bond motifs is 1. The van der Waals surface area contributed by atoms with E-state index in [1.807, 2.05) is 0 Å². The SMILES string of the molecule is CC(C)NC(=O)O[C@@H]1CO[C@H](c2cc(Nc3ncc(Cl)c4nc(COC(F)(F)F)cn34)n[nH]2)[C@H]1F. The molecule has 3 atom stereocenters. The molecule has 0 radical (unpaired) electrons. The van der Waals surface area contributed by atoms with Crippen LogP contribution in [0.15, 0.2) is 18.5 Å². The molecule has 0 bridgehead atoms. The Balaban J connectivity index is 1.46. The first-order valence-corrected chi connectivity index (χ1v) is 10.7. The Morgan fingerprint density at radius 1 is 1.43 bits per heavy atom. The largest absolute Gasteiger partial charge is 0.522 e. The van der Waals surface area contributed by atoms with Crippen LogP contribution in [-0.2, 0) is 20.8 Å². The van der Waals surface area contributed by atoms with E-state index in [0.29, 0.717) is 0 Å². The Morgan fingerprint density at radius 2 is 2.20 bits per heavy atom. The van der Waals surface area contributed by atoms with Crippen LogP contribution in [-0.4, -0.2) is 61.9 Å². The van der Waals surface area contributed by atoms with E-state index in [4.69, 9.17) is 21.1 Å². The zero-order chi connectivity index (χ0) is 25.3. The van der Waals surface area contributed by atoms with Gasteiger partial charge >= 0.3 is 12.5 Å². The van der Waals surface area contributed by atoms with Crippen LogP contribution in [0.4, 0.5) is 34.1 Å². The first-order valence-electron chi connectivity index (χ1n) is 10.3. The molecular weight excluding hydrogens is 502 g/mol. The molecule has 0 aromatic carbocycles. The number of hydrogen-bond donors (Lipinski definition) is 3. The molecule has 0 unspecified atom stereocenters. The number of alkyl carbamates (subject to hydrolysis) is 1. The number of hydrogen-bond acceptors (Lipinski definition) is 8. The van der Waals surface area contributed by atoms with Gasteiger partial charge in [-0.2, -0.15) is 5.10 Å². The predicted octanol–water partition coefficient (Wildman–Crippen LogP) is 3.80. The van der Waals surface area contributed by atoms with Crippen LogP contribution in [0.1, 0.15) is 31.3 Å². The molecular formula is C19H20ClF4N7O4. The van der Waals surface area contributed by atoms with Crippen molar-refractivity contribution in [1.82, 2.24) is 29.9 Å². The number of carbonyl (C=O) groups is 1. The van der Waals surface area contributed by atoms with E-state index in [0.717, 1.165) is 0 Å². The fraction of sp³-hybridized carbons (Fsp3) is 0.474. The van der Waals surface area contributed by atoms with Gasteiger partial charge in [-0.15, -0.1) is 13.2 Å². The molecule has 1 aliphatic rings. The third kappa shape index (κ3) is 5.91. The number of ether oxygens (including phenoxy) is 3. The van der Waals surface area contributed by atoms with Crippen LogP contribution in [0, 0.1) is 0 Å². The molecule has 190 valence electrons. The second kappa shape index (κ2) is 9.83. The van der Waals surface area contributed by atoms with Crippen LogP contribution >= 0.6 is 11.6 Å². The highest BCUT2D eigenvalue weighted by Gasteiger charge is 2.42. The van der Waals surface area contributed by atoms with Gasteiger partial charge in [-0.3, -0.25) is 14.2 Å². The van der Waals surface area contributed by atoms with Gasteiger partial charge in [0, 0.05) is 18.3 Å². The Kier molecular flexibility index (Phi) is 7.00. The number of halogens is 5. The lowest BCUT2D eigenvalue weighted by Gasteiger charge is -2.16. The van der Waals surface area contributed by atoms with Crippen molar-refractivity contribution in [2.24, 2.45) is 0 Å². The highest BCUT2D eigenvalue weighted by molar-refractivity contribution is 6.33. The summed E-state index contributed by atoms with van der Waals surface area (Å²) in [5.41, 5.74) is 0.379. The first-order chi connectivity index (χ1) is 16.5. The number of alkyl halides is 4. The van der Waals surface area contributed by atoms with Crippen LogP contribution < -0.4 is 10.6 Å². The summed E-state index contributed by atoms with van der Waals surface area (Å²) in [5.74, 6) is 0.333. The van der Waals surface area contributed by atoms with E-state index in [9.17, 15) is 22.4 Å². The number of carbonyl (C=O) groups excluding carboxylic acids is 1. The maximum Gasteiger partial charge on any atom is 0.522 e. The maximum atomic E-state index is 14.9. The monoisotopic (exact) mass is 521 g/mol. The van der Waals surface area contributed by atoms with Crippen LogP contribution in [0.25, 0.3) is 5.65 Å². The molecule has 4 rings (SSSR count). The topological polar surface area (TPSA) is 128 Å². The molecule has 1 saturated heterocycles. The van der Waals surface area contributed by atoms with Gasteiger partial charge in [0.1, 0.15) is 11.1 Å². The van der Waals surface area contributed by atoms with Gasteiger partial charge < -0.3 is 20.1 Å². The minimum atomic E-state index is -4.82. The number of imidazole rings is 1. The Labute approximate surface area is 200 Å². The van der Waals surface area contributed by atoms with Gasteiger partial charge in [-0.1, -0.05) is 11.6 Å². The Hall–Kier alpha value is -3.17. The second-order valence-corrected chi connectivity index (χ2v) is 8.27. The number of H-pyrrole nitrogens is 1. The summed E-state index contributed by atoms with van der Waals surface area (Å²) in [6.07, 6.45) is -6.84. The minimum Gasteiger partial charge on any atom is -0.441 e. The molecule has 1 amide bonds. The van der Waals surface area contributed by atoms with Gasteiger partial charge in [0.15, 0.2) is 23.7 Å². The highest BCUT2D eigenvalue weighted by atomic mass is 35.5. The van der Waals surface area contributed by atoms with Gasteiger partial charge in [-0.25, -0.2) is 19.2 Å². The van der Waals surface area contributed by atoms with Gasteiger partial charge in [0.05, 0.1) is 30.8 Å². The average Bonchev–Trinajstić information content (AvgIpc) is 3.47. The molecule has 4 heterocycles. The fourth-order valence-corrected chi connectivity index (χ4v) is 3.50. The molecule has 3 aromatic heterocycles. The number of aromatic amines is 1. The number of aromatic nitrogens is 5. The molecule has 0 aliphatic carbocycles. The quantitative estimate of drug-likeness (QED) is 0.401. The van der Waals surface area contributed by atoms with E-state index in [1.165, 1.54) is 22.9 Å². The third-order valence-electron chi connectivity index (χ3n) is 4.77. The third-order valence-corrected chi connectivity index (χ3v) is 5.04. The number of nitrogens with zero attached hydrogens (tertiary/aromatic N) is 4.